The first-order valence-corrected chi connectivity index (χ1v) is 8.66. The molecule has 0 radical (unpaired) electrons. The van der Waals surface area contributed by atoms with E-state index >= 15 is 0 Å². The molecule has 0 aromatic heterocycles. The van der Waals surface area contributed by atoms with E-state index in [0.717, 1.165) is 25.9 Å². The monoisotopic (exact) mass is 366 g/mol. The molecule has 3 unspecified atom stereocenters. The fourth-order valence-electron chi connectivity index (χ4n) is 3.78. The third kappa shape index (κ3) is 4.44. The van der Waals surface area contributed by atoms with Gasteiger partial charge in [0.1, 0.15) is 0 Å². The quantitative estimate of drug-likeness (QED) is 0.767. The second kappa shape index (κ2) is 8.06. The molecular formula is C18H27ClN4O2. The zero-order chi connectivity index (χ0) is 17.3. The number of hydrogen-bond donors (Lipinski definition) is 3. The second-order valence-corrected chi connectivity index (χ2v) is 7.21. The molecule has 2 fully saturated rings. The highest BCUT2D eigenvalue weighted by atomic mass is 35.5. The Morgan fingerprint density at radius 1 is 1.16 bits per heavy atom. The van der Waals surface area contributed by atoms with Crippen LogP contribution in [0.4, 0.5) is 10.5 Å². The van der Waals surface area contributed by atoms with Gasteiger partial charge in [-0.25, -0.2) is 4.79 Å². The minimum absolute atomic E-state index is 0. The van der Waals surface area contributed by atoms with Crippen LogP contribution < -0.4 is 16.4 Å². The van der Waals surface area contributed by atoms with E-state index in [1.165, 1.54) is 0 Å². The van der Waals surface area contributed by atoms with E-state index in [2.05, 4.69) is 10.6 Å². The van der Waals surface area contributed by atoms with Crippen LogP contribution in [0, 0.1) is 11.8 Å². The summed E-state index contributed by atoms with van der Waals surface area (Å²) in [5.74, 6) is 1.06. The van der Waals surface area contributed by atoms with Crippen molar-refractivity contribution in [1.82, 2.24) is 10.2 Å². The number of likely N-dealkylation sites (tertiary alicyclic amines) is 1. The summed E-state index contributed by atoms with van der Waals surface area (Å²) in [6.07, 6.45) is 2.21. The van der Waals surface area contributed by atoms with Gasteiger partial charge in [-0.15, -0.1) is 12.4 Å². The Bertz CT molecular complexity index is 620. The zero-order valence-electron chi connectivity index (χ0n) is 14.7. The lowest BCUT2D eigenvalue weighted by molar-refractivity contribution is 0.0779. The second-order valence-electron chi connectivity index (χ2n) is 7.21. The Hall–Kier alpha value is -1.79. The van der Waals surface area contributed by atoms with Crippen LogP contribution in [-0.4, -0.2) is 42.0 Å². The summed E-state index contributed by atoms with van der Waals surface area (Å²) in [6.45, 7) is 5.38. The van der Waals surface area contributed by atoms with Crippen molar-refractivity contribution in [2.24, 2.45) is 17.6 Å². The standard InChI is InChI=1S/C18H26N4O2.ClH/c1-11(2)20-18(24)21-14-6-3-12(4-7-14)17(23)22-9-13-5-8-16(19)15(13)10-22;/h3-4,6-7,11,13,15-16H,5,8-10,19H2,1-2H3,(H2,20,21,24);1H. The summed E-state index contributed by atoms with van der Waals surface area (Å²) in [5.41, 5.74) is 7.46. The van der Waals surface area contributed by atoms with E-state index in [-0.39, 0.29) is 36.4 Å². The summed E-state index contributed by atoms with van der Waals surface area (Å²) in [4.78, 5) is 26.3. The minimum atomic E-state index is -0.245. The Morgan fingerprint density at radius 3 is 2.44 bits per heavy atom. The Labute approximate surface area is 154 Å². The molecule has 1 heterocycles. The number of carbonyl (C=O) groups is 2. The number of nitrogens with two attached hydrogens (primary N) is 1. The normalized spacial score (nSPS) is 24.6. The molecule has 1 saturated carbocycles. The maximum atomic E-state index is 12.6. The lowest BCUT2D eigenvalue weighted by Crippen LogP contribution is -2.34. The van der Waals surface area contributed by atoms with Gasteiger partial charge in [-0.1, -0.05) is 0 Å². The van der Waals surface area contributed by atoms with Crippen LogP contribution in [0.25, 0.3) is 0 Å². The first kappa shape index (κ1) is 19.5. The molecule has 7 heteroatoms. The van der Waals surface area contributed by atoms with Gasteiger partial charge in [0.2, 0.25) is 0 Å². The predicted octanol–water partition coefficient (Wildman–Crippen LogP) is 2.45. The van der Waals surface area contributed by atoms with Crippen molar-refractivity contribution >= 4 is 30.0 Å². The van der Waals surface area contributed by atoms with Crippen LogP contribution in [0.3, 0.4) is 0 Å². The van der Waals surface area contributed by atoms with Crippen molar-refractivity contribution in [3.05, 3.63) is 29.8 Å². The molecule has 6 nitrogen and oxygen atoms in total. The van der Waals surface area contributed by atoms with E-state index in [0.29, 0.717) is 23.1 Å². The molecule has 0 spiro atoms. The van der Waals surface area contributed by atoms with Gasteiger partial charge in [0.25, 0.3) is 5.91 Å². The maximum absolute atomic E-state index is 12.6. The van der Waals surface area contributed by atoms with Gasteiger partial charge in [0.05, 0.1) is 0 Å². The van der Waals surface area contributed by atoms with Gasteiger partial charge in [0.15, 0.2) is 0 Å². The molecule has 25 heavy (non-hydrogen) atoms. The number of nitrogens with one attached hydrogen (secondary N) is 2. The summed E-state index contributed by atoms with van der Waals surface area (Å²) < 4.78 is 0. The molecule has 1 aliphatic carbocycles. The SMILES string of the molecule is CC(C)NC(=O)Nc1ccc(C(=O)N2CC3CCC(N)C3C2)cc1.Cl. The first-order valence-electron chi connectivity index (χ1n) is 8.66. The van der Waals surface area contributed by atoms with Gasteiger partial charge in [-0.05, 0) is 62.8 Å². The molecule has 3 atom stereocenters. The van der Waals surface area contributed by atoms with Gasteiger partial charge < -0.3 is 21.3 Å². The maximum Gasteiger partial charge on any atom is 0.319 e. The third-order valence-corrected chi connectivity index (χ3v) is 5.01. The molecule has 1 aromatic rings. The molecule has 4 N–H and O–H groups in total. The van der Waals surface area contributed by atoms with E-state index in [4.69, 9.17) is 5.73 Å². The van der Waals surface area contributed by atoms with Crippen LogP contribution in [0.2, 0.25) is 0 Å². The average molecular weight is 367 g/mol. The number of anilines is 1. The number of nitrogens with zero attached hydrogens (tertiary/aromatic N) is 1. The smallest absolute Gasteiger partial charge is 0.319 e. The number of urea groups is 1. The number of amides is 3. The number of benzene rings is 1. The number of carbonyl (C=O) groups excluding carboxylic acids is 2. The zero-order valence-corrected chi connectivity index (χ0v) is 15.5. The highest BCUT2D eigenvalue weighted by Crippen LogP contribution is 2.37. The number of halogens is 1. The fraction of sp³-hybridized carbons (Fsp3) is 0.556. The molecular weight excluding hydrogens is 340 g/mol. The fourth-order valence-corrected chi connectivity index (χ4v) is 3.78. The molecule has 3 amide bonds. The summed E-state index contributed by atoms with van der Waals surface area (Å²) in [7, 11) is 0. The minimum Gasteiger partial charge on any atom is -0.338 e. The van der Waals surface area contributed by atoms with Crippen LogP contribution in [0.1, 0.15) is 37.0 Å². The number of rotatable bonds is 3. The molecule has 1 aromatic carbocycles. The van der Waals surface area contributed by atoms with E-state index in [1.807, 2.05) is 18.7 Å². The average Bonchev–Trinajstić information content (AvgIpc) is 3.09. The van der Waals surface area contributed by atoms with Crippen molar-refractivity contribution < 1.29 is 9.59 Å². The van der Waals surface area contributed by atoms with Gasteiger partial charge >= 0.3 is 6.03 Å². The molecule has 0 bridgehead atoms. The third-order valence-electron chi connectivity index (χ3n) is 5.01. The lowest BCUT2D eigenvalue weighted by Gasteiger charge is -2.19. The Kier molecular flexibility index (Phi) is 6.30. The van der Waals surface area contributed by atoms with Crippen molar-refractivity contribution in [1.29, 1.82) is 0 Å². The lowest BCUT2D eigenvalue weighted by atomic mass is 9.98. The van der Waals surface area contributed by atoms with E-state index in [9.17, 15) is 9.59 Å². The van der Waals surface area contributed by atoms with Crippen LogP contribution in [0.15, 0.2) is 24.3 Å². The van der Waals surface area contributed by atoms with Crippen LogP contribution in [-0.2, 0) is 0 Å². The van der Waals surface area contributed by atoms with E-state index in [1.54, 1.807) is 24.3 Å². The van der Waals surface area contributed by atoms with Crippen molar-refractivity contribution in [2.45, 2.75) is 38.8 Å². The van der Waals surface area contributed by atoms with Crippen molar-refractivity contribution in [3.8, 4) is 0 Å². The largest absolute Gasteiger partial charge is 0.338 e. The summed E-state index contributed by atoms with van der Waals surface area (Å²) >= 11 is 0. The van der Waals surface area contributed by atoms with Crippen LogP contribution in [0.5, 0.6) is 0 Å². The molecule has 138 valence electrons. The topological polar surface area (TPSA) is 87.5 Å². The van der Waals surface area contributed by atoms with Gasteiger partial charge in [-0.3, -0.25) is 4.79 Å². The first-order chi connectivity index (χ1) is 11.4. The van der Waals surface area contributed by atoms with Crippen molar-refractivity contribution in [2.75, 3.05) is 18.4 Å². The summed E-state index contributed by atoms with van der Waals surface area (Å²) in [5, 5.41) is 5.52. The Morgan fingerprint density at radius 2 is 1.84 bits per heavy atom. The predicted molar refractivity (Wildman–Crippen MR) is 101 cm³/mol. The number of fused-ring (bicyclic) bond motifs is 1. The highest BCUT2D eigenvalue weighted by Gasteiger charge is 2.42. The van der Waals surface area contributed by atoms with Gasteiger partial charge in [0, 0.05) is 36.4 Å². The highest BCUT2D eigenvalue weighted by molar-refractivity contribution is 5.95. The molecule has 3 rings (SSSR count). The molecule has 1 saturated heterocycles. The Balaban J connectivity index is 0.00000225. The van der Waals surface area contributed by atoms with Crippen molar-refractivity contribution in [3.63, 3.8) is 0 Å². The van der Waals surface area contributed by atoms with Crippen LogP contribution >= 0.6 is 12.4 Å². The van der Waals surface area contributed by atoms with E-state index < -0.39 is 0 Å². The molecule has 2 aliphatic rings. The van der Waals surface area contributed by atoms with Gasteiger partial charge in [-0.2, -0.15) is 0 Å². The molecule has 1 aliphatic heterocycles. The number of hydrogen-bond acceptors (Lipinski definition) is 3. The summed E-state index contributed by atoms with van der Waals surface area (Å²) in [6, 6.07) is 7.12.